The van der Waals surface area contributed by atoms with Gasteiger partial charge in [0.15, 0.2) is 0 Å². The van der Waals surface area contributed by atoms with Crippen molar-refractivity contribution in [1.29, 1.82) is 0 Å². The normalized spacial score (nSPS) is 13.2. The number of aromatic nitrogens is 1. The van der Waals surface area contributed by atoms with Crippen LogP contribution in [0.2, 0.25) is 0 Å². The van der Waals surface area contributed by atoms with Gasteiger partial charge in [-0.3, -0.25) is 0 Å². The Morgan fingerprint density at radius 1 is 1.38 bits per heavy atom. The fourth-order valence-electron chi connectivity index (χ4n) is 2.61. The van der Waals surface area contributed by atoms with Crippen molar-refractivity contribution in [3.05, 3.63) is 39.3 Å². The lowest BCUT2D eigenvalue weighted by Gasteiger charge is -2.11. The molecule has 0 saturated heterocycles. The highest BCUT2D eigenvalue weighted by molar-refractivity contribution is 7.11. The number of benzene rings is 1. The van der Waals surface area contributed by atoms with Crippen LogP contribution in [0.1, 0.15) is 34.5 Å². The van der Waals surface area contributed by atoms with Crippen LogP contribution in [0.3, 0.4) is 0 Å². The van der Waals surface area contributed by atoms with E-state index in [9.17, 15) is 5.11 Å². The molecule has 5 heteroatoms. The lowest BCUT2D eigenvalue weighted by Crippen LogP contribution is -2.02. The number of fused-ring (bicyclic) bond motifs is 1. The first kappa shape index (κ1) is 14.4. The molecule has 0 saturated carbocycles. The van der Waals surface area contributed by atoms with Crippen molar-refractivity contribution >= 4 is 17.0 Å². The molecule has 2 aromatic rings. The molecule has 0 bridgehead atoms. The van der Waals surface area contributed by atoms with Gasteiger partial charge in [0.2, 0.25) is 0 Å². The number of hydrogen-bond acceptors (Lipinski definition) is 5. The van der Waals surface area contributed by atoms with Crippen LogP contribution in [0.15, 0.2) is 18.2 Å². The average molecular weight is 304 g/mol. The van der Waals surface area contributed by atoms with Gasteiger partial charge in [-0.25, -0.2) is 4.98 Å². The van der Waals surface area contributed by atoms with E-state index in [1.807, 2.05) is 36.5 Å². The van der Waals surface area contributed by atoms with Crippen molar-refractivity contribution in [3.8, 4) is 5.75 Å². The first-order valence-electron chi connectivity index (χ1n) is 7.38. The van der Waals surface area contributed by atoms with Crippen LogP contribution < -0.4 is 10.1 Å². The summed E-state index contributed by atoms with van der Waals surface area (Å²) in [6, 6.07) is 5.82. The first-order valence-corrected chi connectivity index (χ1v) is 8.19. The van der Waals surface area contributed by atoms with Gasteiger partial charge < -0.3 is 15.2 Å². The Bertz CT molecular complexity index is 603. The Morgan fingerprint density at radius 3 is 3.05 bits per heavy atom. The Hall–Kier alpha value is -1.59. The van der Waals surface area contributed by atoms with Crippen molar-refractivity contribution in [1.82, 2.24) is 4.98 Å². The molecular weight excluding hydrogens is 284 g/mol. The van der Waals surface area contributed by atoms with Crippen LogP contribution in [0.25, 0.3) is 0 Å². The quantitative estimate of drug-likeness (QED) is 0.861. The molecular formula is C16H20N2O2S. The highest BCUT2D eigenvalue weighted by Crippen LogP contribution is 2.28. The number of aliphatic hydroxyl groups is 1. The van der Waals surface area contributed by atoms with Gasteiger partial charge in [-0.15, -0.1) is 11.3 Å². The summed E-state index contributed by atoms with van der Waals surface area (Å²) in [5, 5.41) is 13.9. The number of nitrogens with zero attached hydrogens (tertiary/aromatic N) is 1. The molecule has 0 spiro atoms. The number of anilines is 1. The van der Waals surface area contributed by atoms with Crippen molar-refractivity contribution in [2.75, 3.05) is 11.9 Å². The largest absolute Gasteiger partial charge is 0.494 e. The average Bonchev–Trinajstić information content (AvgIpc) is 3.07. The topological polar surface area (TPSA) is 54.4 Å². The van der Waals surface area contributed by atoms with Crippen molar-refractivity contribution in [3.63, 3.8) is 0 Å². The smallest absolute Gasteiger partial charge is 0.124 e. The number of nitrogens with one attached hydrogen (secondary N) is 1. The predicted octanol–water partition coefficient (Wildman–Crippen LogP) is 3.13. The summed E-state index contributed by atoms with van der Waals surface area (Å²) in [5.74, 6) is 0.749. The molecule has 1 heterocycles. The molecule has 0 unspecified atom stereocenters. The summed E-state index contributed by atoms with van der Waals surface area (Å²) in [5.41, 5.74) is 3.08. The number of aliphatic hydroxyl groups excluding tert-OH is 1. The van der Waals surface area contributed by atoms with Crippen molar-refractivity contribution < 1.29 is 9.84 Å². The predicted molar refractivity (Wildman–Crippen MR) is 85.0 cm³/mol. The molecule has 0 atom stereocenters. The molecule has 21 heavy (non-hydrogen) atoms. The Kier molecular flexibility index (Phi) is 4.41. The lowest BCUT2D eigenvalue weighted by atomic mass is 10.2. The van der Waals surface area contributed by atoms with Crippen LogP contribution in [-0.4, -0.2) is 16.7 Å². The highest BCUT2D eigenvalue weighted by atomic mass is 32.1. The Morgan fingerprint density at radius 2 is 2.29 bits per heavy atom. The van der Waals surface area contributed by atoms with Crippen LogP contribution >= 0.6 is 11.3 Å². The fourth-order valence-corrected chi connectivity index (χ4v) is 3.70. The zero-order valence-corrected chi connectivity index (χ0v) is 13.0. The van der Waals surface area contributed by atoms with E-state index < -0.39 is 0 Å². The van der Waals surface area contributed by atoms with E-state index in [0.29, 0.717) is 6.61 Å². The van der Waals surface area contributed by atoms with E-state index in [-0.39, 0.29) is 6.61 Å². The number of thiazole rings is 1. The van der Waals surface area contributed by atoms with Crippen LogP contribution in [0.4, 0.5) is 5.69 Å². The summed E-state index contributed by atoms with van der Waals surface area (Å²) in [6.45, 7) is 3.26. The zero-order chi connectivity index (χ0) is 14.7. The second kappa shape index (κ2) is 6.45. The van der Waals surface area contributed by atoms with E-state index in [4.69, 9.17) is 4.74 Å². The maximum Gasteiger partial charge on any atom is 0.124 e. The summed E-state index contributed by atoms with van der Waals surface area (Å²) in [6.07, 6.45) is 3.56. The maximum absolute atomic E-state index is 9.42. The number of aryl methyl sites for hydroxylation is 2. The van der Waals surface area contributed by atoms with Gasteiger partial charge in [0, 0.05) is 16.1 Å². The standard InChI is InChI=1S/C16H20N2O2S/c1-2-20-14-7-6-12(8-11(14)10-19)17-9-16-18-13-4-3-5-15(13)21-16/h6-8,17,19H,2-5,9-10H2,1H3. The molecule has 0 amide bonds. The number of ether oxygens (including phenoxy) is 1. The van der Waals surface area contributed by atoms with Gasteiger partial charge in [-0.05, 0) is 44.4 Å². The Balaban J connectivity index is 1.66. The summed E-state index contributed by atoms with van der Waals surface area (Å²) in [7, 11) is 0. The first-order chi connectivity index (χ1) is 10.3. The minimum Gasteiger partial charge on any atom is -0.494 e. The highest BCUT2D eigenvalue weighted by Gasteiger charge is 2.16. The van der Waals surface area contributed by atoms with Crippen molar-refractivity contribution in [2.45, 2.75) is 39.3 Å². The zero-order valence-electron chi connectivity index (χ0n) is 12.2. The molecule has 4 nitrogen and oxygen atoms in total. The second-order valence-corrected chi connectivity index (χ2v) is 6.27. The molecule has 0 radical (unpaired) electrons. The fraction of sp³-hybridized carbons (Fsp3) is 0.438. The lowest BCUT2D eigenvalue weighted by molar-refractivity contribution is 0.267. The number of rotatable bonds is 6. The van der Waals surface area contributed by atoms with E-state index in [0.717, 1.165) is 35.0 Å². The van der Waals surface area contributed by atoms with Crippen LogP contribution in [0, 0.1) is 0 Å². The molecule has 2 N–H and O–H groups in total. The van der Waals surface area contributed by atoms with Gasteiger partial charge in [0.1, 0.15) is 10.8 Å². The Labute approximate surface area is 128 Å². The third-order valence-corrected chi connectivity index (χ3v) is 4.77. The third-order valence-electron chi connectivity index (χ3n) is 3.61. The molecule has 1 aliphatic carbocycles. The van der Waals surface area contributed by atoms with Crippen LogP contribution in [0.5, 0.6) is 5.75 Å². The monoisotopic (exact) mass is 304 g/mol. The molecule has 0 aliphatic heterocycles. The molecule has 112 valence electrons. The van der Waals surface area contributed by atoms with E-state index in [1.165, 1.54) is 23.4 Å². The minimum atomic E-state index is -0.0175. The summed E-state index contributed by atoms with van der Waals surface area (Å²) >= 11 is 1.81. The maximum atomic E-state index is 9.42. The van der Waals surface area contributed by atoms with Gasteiger partial charge in [0.05, 0.1) is 25.5 Å². The van der Waals surface area contributed by atoms with Gasteiger partial charge >= 0.3 is 0 Å². The van der Waals surface area contributed by atoms with E-state index in [1.54, 1.807) is 0 Å². The summed E-state index contributed by atoms with van der Waals surface area (Å²) < 4.78 is 5.49. The molecule has 3 rings (SSSR count). The van der Waals surface area contributed by atoms with Gasteiger partial charge in [-0.1, -0.05) is 0 Å². The van der Waals surface area contributed by atoms with Gasteiger partial charge in [-0.2, -0.15) is 0 Å². The molecule has 1 aromatic carbocycles. The van der Waals surface area contributed by atoms with Gasteiger partial charge in [0.25, 0.3) is 0 Å². The second-order valence-electron chi connectivity index (χ2n) is 5.10. The van der Waals surface area contributed by atoms with Crippen LogP contribution in [-0.2, 0) is 26.0 Å². The molecule has 1 aromatic heterocycles. The van der Waals surface area contributed by atoms with E-state index >= 15 is 0 Å². The third kappa shape index (κ3) is 3.19. The molecule has 0 fully saturated rings. The minimum absolute atomic E-state index is 0.0175. The molecule has 1 aliphatic rings. The van der Waals surface area contributed by atoms with Crippen molar-refractivity contribution in [2.24, 2.45) is 0 Å². The summed E-state index contributed by atoms with van der Waals surface area (Å²) in [4.78, 5) is 6.13. The SMILES string of the molecule is CCOc1ccc(NCc2nc3c(s2)CCC3)cc1CO. The van der Waals surface area contributed by atoms with E-state index in [2.05, 4.69) is 10.3 Å². The number of hydrogen-bond donors (Lipinski definition) is 2.